The predicted molar refractivity (Wildman–Crippen MR) is 78.8 cm³/mol. The topological polar surface area (TPSA) is 75.8 Å². The number of ether oxygens (including phenoxy) is 1. The second kappa shape index (κ2) is 5.89. The molecule has 1 aromatic rings. The van der Waals surface area contributed by atoms with Gasteiger partial charge in [-0.1, -0.05) is 0 Å². The Morgan fingerprint density at radius 1 is 1.43 bits per heavy atom. The second-order valence-electron chi connectivity index (χ2n) is 5.72. The minimum atomic E-state index is -0.732. The van der Waals surface area contributed by atoms with Crippen molar-refractivity contribution >= 4 is 17.3 Å². The van der Waals surface area contributed by atoms with Gasteiger partial charge in [0.15, 0.2) is 0 Å². The lowest BCUT2D eigenvalue weighted by Crippen LogP contribution is -2.29. The number of carbonyl (C=O) groups is 1. The van der Waals surface area contributed by atoms with Crippen LogP contribution in [0.25, 0.3) is 0 Å². The SMILES string of the molecule is COC(=O)c1cc(N2CCCC(C)(O)CC2)c(F)cc1N. The van der Waals surface area contributed by atoms with Crippen LogP contribution in [0.15, 0.2) is 12.1 Å². The summed E-state index contributed by atoms with van der Waals surface area (Å²) in [5, 5.41) is 10.1. The number of hydrogen-bond donors (Lipinski definition) is 2. The molecule has 1 aliphatic rings. The maximum Gasteiger partial charge on any atom is 0.340 e. The van der Waals surface area contributed by atoms with Gasteiger partial charge in [0.05, 0.1) is 24.0 Å². The largest absolute Gasteiger partial charge is 0.465 e. The number of nitrogen functional groups attached to an aromatic ring is 1. The fraction of sp³-hybridized carbons (Fsp3) is 0.533. The lowest BCUT2D eigenvalue weighted by Gasteiger charge is -2.25. The molecule has 0 bridgehead atoms. The van der Waals surface area contributed by atoms with Gasteiger partial charge in [-0.05, 0) is 38.3 Å². The van der Waals surface area contributed by atoms with Gasteiger partial charge in [-0.2, -0.15) is 0 Å². The molecular weight excluding hydrogens is 275 g/mol. The van der Waals surface area contributed by atoms with E-state index in [0.717, 1.165) is 12.5 Å². The number of aliphatic hydroxyl groups is 1. The first kappa shape index (κ1) is 15.6. The number of carbonyl (C=O) groups excluding carboxylic acids is 1. The van der Waals surface area contributed by atoms with Crippen LogP contribution >= 0.6 is 0 Å². The summed E-state index contributed by atoms with van der Waals surface area (Å²) < 4.78 is 18.8. The highest BCUT2D eigenvalue weighted by Gasteiger charge is 2.27. The number of nitrogens with two attached hydrogens (primary N) is 1. The molecule has 0 saturated carbocycles. The van der Waals surface area contributed by atoms with Crippen molar-refractivity contribution in [3.63, 3.8) is 0 Å². The molecule has 21 heavy (non-hydrogen) atoms. The van der Waals surface area contributed by atoms with Gasteiger partial charge in [0.1, 0.15) is 5.82 Å². The zero-order valence-corrected chi connectivity index (χ0v) is 12.4. The van der Waals surface area contributed by atoms with Crippen molar-refractivity contribution in [2.24, 2.45) is 0 Å². The molecule has 0 radical (unpaired) electrons. The molecule has 1 aromatic carbocycles. The normalized spacial score (nSPS) is 22.8. The fourth-order valence-electron chi connectivity index (χ4n) is 2.61. The van der Waals surface area contributed by atoms with Crippen molar-refractivity contribution in [1.29, 1.82) is 0 Å². The van der Waals surface area contributed by atoms with E-state index < -0.39 is 17.4 Å². The van der Waals surface area contributed by atoms with E-state index in [1.165, 1.54) is 13.2 Å². The average molecular weight is 296 g/mol. The first-order chi connectivity index (χ1) is 9.84. The zero-order valence-electron chi connectivity index (χ0n) is 12.4. The molecule has 0 amide bonds. The lowest BCUT2D eigenvalue weighted by molar-refractivity contribution is 0.0481. The summed E-state index contributed by atoms with van der Waals surface area (Å²) in [6, 6.07) is 2.57. The van der Waals surface area contributed by atoms with Gasteiger partial charge >= 0.3 is 5.97 Å². The number of halogens is 1. The van der Waals surface area contributed by atoms with Crippen LogP contribution in [0.3, 0.4) is 0 Å². The Morgan fingerprint density at radius 3 is 2.81 bits per heavy atom. The molecule has 0 aromatic heterocycles. The highest BCUT2D eigenvalue weighted by atomic mass is 19.1. The summed E-state index contributed by atoms with van der Waals surface area (Å²) in [5.41, 5.74) is 5.48. The van der Waals surface area contributed by atoms with Crippen LogP contribution < -0.4 is 10.6 Å². The van der Waals surface area contributed by atoms with Gasteiger partial charge in [-0.15, -0.1) is 0 Å². The van der Waals surface area contributed by atoms with Crippen molar-refractivity contribution in [2.75, 3.05) is 30.8 Å². The number of nitrogens with zero attached hydrogens (tertiary/aromatic N) is 1. The smallest absolute Gasteiger partial charge is 0.340 e. The Morgan fingerprint density at radius 2 is 2.14 bits per heavy atom. The molecule has 116 valence electrons. The highest BCUT2D eigenvalue weighted by molar-refractivity contribution is 5.96. The van der Waals surface area contributed by atoms with E-state index in [4.69, 9.17) is 5.73 Å². The van der Waals surface area contributed by atoms with E-state index in [1.807, 2.05) is 4.90 Å². The predicted octanol–water partition coefficient (Wildman–Crippen LogP) is 1.94. The third kappa shape index (κ3) is 3.44. The summed E-state index contributed by atoms with van der Waals surface area (Å²) in [5.74, 6) is -1.06. The van der Waals surface area contributed by atoms with E-state index in [0.29, 0.717) is 31.6 Å². The van der Waals surface area contributed by atoms with Crippen molar-refractivity contribution in [1.82, 2.24) is 0 Å². The third-order valence-corrected chi connectivity index (χ3v) is 3.93. The van der Waals surface area contributed by atoms with E-state index >= 15 is 0 Å². The van der Waals surface area contributed by atoms with Crippen molar-refractivity contribution in [3.05, 3.63) is 23.5 Å². The molecule has 1 saturated heterocycles. The van der Waals surface area contributed by atoms with Gasteiger partial charge in [0.25, 0.3) is 0 Å². The van der Waals surface area contributed by atoms with Gasteiger partial charge < -0.3 is 20.5 Å². The average Bonchev–Trinajstić information content (AvgIpc) is 2.59. The standard InChI is InChI=1S/C15H21FN2O3/c1-15(20)4-3-6-18(7-5-15)13-8-10(14(19)21-2)12(17)9-11(13)16/h8-9,20H,3-7,17H2,1-2H3. The molecule has 1 heterocycles. The van der Waals surface area contributed by atoms with E-state index in [9.17, 15) is 14.3 Å². The molecular formula is C15H21FN2O3. The first-order valence-corrected chi connectivity index (χ1v) is 6.99. The molecule has 3 N–H and O–H groups in total. The quantitative estimate of drug-likeness (QED) is 0.644. The van der Waals surface area contributed by atoms with Gasteiger partial charge in [0, 0.05) is 18.8 Å². The Kier molecular flexibility index (Phi) is 4.37. The van der Waals surface area contributed by atoms with Crippen molar-refractivity contribution < 1.29 is 19.0 Å². The van der Waals surface area contributed by atoms with E-state index in [1.54, 1.807) is 6.92 Å². The highest BCUT2D eigenvalue weighted by Crippen LogP contribution is 2.30. The Balaban J connectivity index is 2.32. The zero-order chi connectivity index (χ0) is 15.6. The van der Waals surface area contributed by atoms with E-state index in [2.05, 4.69) is 4.74 Å². The van der Waals surface area contributed by atoms with Gasteiger partial charge in [0.2, 0.25) is 0 Å². The molecule has 1 atom stereocenters. The molecule has 1 fully saturated rings. The Bertz CT molecular complexity index is 546. The van der Waals surface area contributed by atoms with Crippen LogP contribution in [-0.4, -0.2) is 36.9 Å². The first-order valence-electron chi connectivity index (χ1n) is 6.99. The number of esters is 1. The Labute approximate surface area is 123 Å². The summed E-state index contributed by atoms with van der Waals surface area (Å²) in [7, 11) is 1.26. The monoisotopic (exact) mass is 296 g/mol. The molecule has 2 rings (SSSR count). The van der Waals surface area contributed by atoms with E-state index in [-0.39, 0.29) is 11.3 Å². The summed E-state index contributed by atoms with van der Waals surface area (Å²) in [6.45, 7) is 2.93. The van der Waals surface area contributed by atoms with Gasteiger partial charge in [-0.3, -0.25) is 0 Å². The van der Waals surface area contributed by atoms with Crippen LogP contribution in [0, 0.1) is 5.82 Å². The maximum atomic E-state index is 14.2. The minimum Gasteiger partial charge on any atom is -0.465 e. The number of benzene rings is 1. The summed E-state index contributed by atoms with van der Waals surface area (Å²) >= 11 is 0. The van der Waals surface area contributed by atoms with Crippen molar-refractivity contribution in [2.45, 2.75) is 31.8 Å². The third-order valence-electron chi connectivity index (χ3n) is 3.93. The molecule has 6 heteroatoms. The number of rotatable bonds is 2. The van der Waals surface area contributed by atoms with Crippen LogP contribution in [0.1, 0.15) is 36.5 Å². The molecule has 0 spiro atoms. The number of methoxy groups -OCH3 is 1. The maximum absolute atomic E-state index is 14.2. The summed E-state index contributed by atoms with van der Waals surface area (Å²) in [4.78, 5) is 13.5. The van der Waals surface area contributed by atoms with Crippen LogP contribution in [0.5, 0.6) is 0 Å². The Hall–Kier alpha value is -1.82. The lowest BCUT2D eigenvalue weighted by atomic mass is 9.98. The number of anilines is 2. The molecule has 5 nitrogen and oxygen atoms in total. The molecule has 1 aliphatic heterocycles. The van der Waals surface area contributed by atoms with Crippen LogP contribution in [0.2, 0.25) is 0 Å². The molecule has 0 aliphatic carbocycles. The number of hydrogen-bond acceptors (Lipinski definition) is 5. The minimum absolute atomic E-state index is 0.0601. The van der Waals surface area contributed by atoms with Gasteiger partial charge in [-0.25, -0.2) is 9.18 Å². The van der Waals surface area contributed by atoms with Crippen LogP contribution in [0.4, 0.5) is 15.8 Å². The van der Waals surface area contributed by atoms with Crippen LogP contribution in [-0.2, 0) is 4.74 Å². The second-order valence-corrected chi connectivity index (χ2v) is 5.72. The van der Waals surface area contributed by atoms with Crippen molar-refractivity contribution in [3.8, 4) is 0 Å². The summed E-state index contributed by atoms with van der Waals surface area (Å²) in [6.07, 6.45) is 1.97. The molecule has 1 unspecified atom stereocenters. The fourth-order valence-corrected chi connectivity index (χ4v) is 2.61.